The normalized spacial score (nSPS) is 16.9. The molecule has 1 aliphatic rings. The van der Waals surface area contributed by atoms with Crippen molar-refractivity contribution >= 4 is 5.97 Å². The zero-order chi connectivity index (χ0) is 20.4. The number of carbonyl (C=O) groups excluding carboxylic acids is 1. The number of hydrogen-bond donors (Lipinski definition) is 1. The molecule has 0 spiro atoms. The Bertz CT molecular complexity index is 574. The van der Waals surface area contributed by atoms with Gasteiger partial charge in [0.1, 0.15) is 5.60 Å². The van der Waals surface area contributed by atoms with Crippen molar-refractivity contribution in [1.29, 1.82) is 0 Å². The highest BCUT2D eigenvalue weighted by Crippen LogP contribution is 2.31. The summed E-state index contributed by atoms with van der Waals surface area (Å²) < 4.78 is 11.1. The van der Waals surface area contributed by atoms with E-state index in [1.54, 1.807) is 0 Å². The smallest absolute Gasteiger partial charge is 0.307 e. The Labute approximate surface area is 170 Å². The fourth-order valence-electron chi connectivity index (χ4n) is 3.91. The molecular formula is C22H39N3O3. The molecule has 1 aromatic heterocycles. The molecule has 0 aliphatic heterocycles. The predicted molar refractivity (Wildman–Crippen MR) is 110 cm³/mol. The van der Waals surface area contributed by atoms with E-state index < -0.39 is 5.60 Å². The summed E-state index contributed by atoms with van der Waals surface area (Å²) >= 11 is 0. The standard InChI is InChI=1S/C22H39N3O3/c1-5-14-23-16-19-24-21(28-25-19)18(15-20(26)27-22(2,3)4)13-9-12-17-10-7-6-8-11-17/h17-18,23H,5-16H2,1-4H3/t18-/m1/s1. The summed E-state index contributed by atoms with van der Waals surface area (Å²) in [5.41, 5.74) is -0.478. The average molecular weight is 394 g/mol. The van der Waals surface area contributed by atoms with Crippen LogP contribution in [0, 0.1) is 5.92 Å². The summed E-state index contributed by atoms with van der Waals surface area (Å²) in [6.45, 7) is 9.33. The van der Waals surface area contributed by atoms with Crippen molar-refractivity contribution in [3.63, 3.8) is 0 Å². The Hall–Kier alpha value is -1.43. The maximum absolute atomic E-state index is 12.4. The van der Waals surface area contributed by atoms with Crippen molar-refractivity contribution in [1.82, 2.24) is 15.5 Å². The minimum atomic E-state index is -0.478. The third kappa shape index (κ3) is 8.72. The van der Waals surface area contributed by atoms with E-state index in [9.17, 15) is 4.79 Å². The number of ether oxygens (including phenoxy) is 1. The summed E-state index contributed by atoms with van der Waals surface area (Å²) in [5, 5.41) is 7.37. The van der Waals surface area contributed by atoms with E-state index >= 15 is 0 Å². The molecule has 1 fully saturated rings. The molecule has 1 saturated carbocycles. The molecule has 0 radical (unpaired) electrons. The van der Waals surface area contributed by atoms with Gasteiger partial charge in [-0.2, -0.15) is 4.98 Å². The average Bonchev–Trinajstić information content (AvgIpc) is 3.09. The maximum Gasteiger partial charge on any atom is 0.307 e. The number of nitrogens with one attached hydrogen (secondary N) is 1. The van der Waals surface area contributed by atoms with Crippen molar-refractivity contribution < 1.29 is 14.1 Å². The van der Waals surface area contributed by atoms with E-state index in [0.29, 0.717) is 24.7 Å². The molecule has 2 rings (SSSR count). The first kappa shape index (κ1) is 22.9. The molecule has 0 aromatic carbocycles. The summed E-state index contributed by atoms with van der Waals surface area (Å²) in [6.07, 6.45) is 11.4. The number of hydrogen-bond acceptors (Lipinski definition) is 6. The molecule has 0 saturated heterocycles. The van der Waals surface area contributed by atoms with Crippen LogP contribution in [0.1, 0.15) is 110 Å². The van der Waals surface area contributed by atoms with Crippen molar-refractivity contribution in [2.75, 3.05) is 6.54 Å². The topological polar surface area (TPSA) is 77.2 Å². The zero-order valence-electron chi connectivity index (χ0n) is 18.3. The molecule has 1 aliphatic carbocycles. The van der Waals surface area contributed by atoms with E-state index in [4.69, 9.17) is 9.26 Å². The van der Waals surface area contributed by atoms with Gasteiger partial charge in [-0.05, 0) is 46.1 Å². The molecular weight excluding hydrogens is 354 g/mol. The highest BCUT2D eigenvalue weighted by atomic mass is 16.6. The van der Waals surface area contributed by atoms with Crippen LogP contribution in [0.3, 0.4) is 0 Å². The lowest BCUT2D eigenvalue weighted by Crippen LogP contribution is -2.25. The lowest BCUT2D eigenvalue weighted by Gasteiger charge is -2.23. The lowest BCUT2D eigenvalue weighted by atomic mass is 9.84. The molecule has 0 unspecified atom stereocenters. The van der Waals surface area contributed by atoms with E-state index in [0.717, 1.165) is 31.7 Å². The number of carbonyl (C=O) groups is 1. The molecule has 1 atom stereocenters. The first-order chi connectivity index (χ1) is 13.4. The quantitative estimate of drug-likeness (QED) is 0.414. The van der Waals surface area contributed by atoms with E-state index in [1.165, 1.54) is 38.5 Å². The second-order valence-electron chi connectivity index (χ2n) is 9.15. The first-order valence-electron chi connectivity index (χ1n) is 11.1. The molecule has 1 aromatic rings. The Morgan fingerprint density at radius 1 is 1.29 bits per heavy atom. The summed E-state index contributed by atoms with van der Waals surface area (Å²) in [6, 6.07) is 0. The van der Waals surface area contributed by atoms with Gasteiger partial charge in [0.2, 0.25) is 5.89 Å². The molecule has 1 N–H and O–H groups in total. The minimum absolute atomic E-state index is 0.0640. The Morgan fingerprint density at radius 3 is 2.71 bits per heavy atom. The first-order valence-corrected chi connectivity index (χ1v) is 11.1. The van der Waals surface area contributed by atoms with Crippen LogP contribution in [0.25, 0.3) is 0 Å². The number of aromatic nitrogens is 2. The van der Waals surface area contributed by atoms with E-state index in [-0.39, 0.29) is 11.9 Å². The fraction of sp³-hybridized carbons (Fsp3) is 0.864. The Morgan fingerprint density at radius 2 is 2.04 bits per heavy atom. The SMILES string of the molecule is CCCNCc1noc([C@H](CCCC2CCCCC2)CC(=O)OC(C)(C)C)n1. The van der Waals surface area contributed by atoms with Crippen LogP contribution in [0.4, 0.5) is 0 Å². The van der Waals surface area contributed by atoms with Crippen LogP contribution < -0.4 is 5.32 Å². The lowest BCUT2D eigenvalue weighted by molar-refractivity contribution is -0.155. The highest BCUT2D eigenvalue weighted by molar-refractivity contribution is 5.70. The van der Waals surface area contributed by atoms with Gasteiger partial charge in [-0.1, -0.05) is 57.0 Å². The number of nitrogens with zero attached hydrogens (tertiary/aromatic N) is 2. The molecule has 160 valence electrons. The van der Waals surface area contributed by atoms with Crippen molar-refractivity contribution in [2.45, 2.75) is 110 Å². The third-order valence-corrected chi connectivity index (χ3v) is 5.27. The van der Waals surface area contributed by atoms with E-state index in [1.807, 2.05) is 20.8 Å². The monoisotopic (exact) mass is 393 g/mol. The molecule has 28 heavy (non-hydrogen) atoms. The summed E-state index contributed by atoms with van der Waals surface area (Å²) in [7, 11) is 0. The van der Waals surface area contributed by atoms with Crippen molar-refractivity contribution in [3.05, 3.63) is 11.7 Å². The van der Waals surface area contributed by atoms with Gasteiger partial charge in [0.05, 0.1) is 13.0 Å². The second-order valence-corrected chi connectivity index (χ2v) is 9.15. The van der Waals surface area contributed by atoms with Gasteiger partial charge >= 0.3 is 5.97 Å². The minimum Gasteiger partial charge on any atom is -0.460 e. The van der Waals surface area contributed by atoms with Crippen LogP contribution in [-0.2, 0) is 16.1 Å². The van der Waals surface area contributed by atoms with Gasteiger partial charge in [-0.3, -0.25) is 4.79 Å². The van der Waals surface area contributed by atoms with Crippen LogP contribution >= 0.6 is 0 Å². The maximum atomic E-state index is 12.4. The molecule has 0 bridgehead atoms. The van der Waals surface area contributed by atoms with Crippen LogP contribution in [0.2, 0.25) is 0 Å². The molecule has 6 heteroatoms. The van der Waals surface area contributed by atoms with Crippen LogP contribution in [0.15, 0.2) is 4.52 Å². The third-order valence-electron chi connectivity index (χ3n) is 5.27. The van der Waals surface area contributed by atoms with Gasteiger partial charge in [-0.15, -0.1) is 0 Å². The predicted octanol–water partition coefficient (Wildman–Crippen LogP) is 5.14. The zero-order valence-corrected chi connectivity index (χ0v) is 18.3. The van der Waals surface area contributed by atoms with Crippen LogP contribution in [-0.4, -0.2) is 28.3 Å². The van der Waals surface area contributed by atoms with E-state index in [2.05, 4.69) is 22.4 Å². The van der Waals surface area contributed by atoms with Crippen molar-refractivity contribution in [3.8, 4) is 0 Å². The van der Waals surface area contributed by atoms with Gasteiger partial charge in [-0.25, -0.2) is 0 Å². The number of esters is 1. The van der Waals surface area contributed by atoms with Gasteiger partial charge in [0.15, 0.2) is 5.82 Å². The largest absolute Gasteiger partial charge is 0.460 e. The second kappa shape index (κ2) is 11.5. The van der Waals surface area contributed by atoms with Crippen molar-refractivity contribution in [2.24, 2.45) is 5.92 Å². The molecule has 1 heterocycles. The Balaban J connectivity index is 1.93. The van der Waals surface area contributed by atoms with Gasteiger partial charge < -0.3 is 14.6 Å². The van der Waals surface area contributed by atoms with Gasteiger partial charge in [0.25, 0.3) is 0 Å². The van der Waals surface area contributed by atoms with Gasteiger partial charge in [0, 0.05) is 5.92 Å². The summed E-state index contributed by atoms with van der Waals surface area (Å²) in [4.78, 5) is 16.9. The highest BCUT2D eigenvalue weighted by Gasteiger charge is 2.26. The Kier molecular flexibility index (Phi) is 9.42. The number of rotatable bonds is 11. The molecule has 6 nitrogen and oxygen atoms in total. The van der Waals surface area contributed by atoms with Crippen LogP contribution in [0.5, 0.6) is 0 Å². The fourth-order valence-corrected chi connectivity index (χ4v) is 3.91. The summed E-state index contributed by atoms with van der Waals surface area (Å²) in [5.74, 6) is 1.81. The molecule has 0 amide bonds.